The molecule has 0 nitrogen and oxygen atoms in total. The summed E-state index contributed by atoms with van der Waals surface area (Å²) in [5.74, 6) is 2.83. The van der Waals surface area contributed by atoms with Crippen molar-refractivity contribution in [2.45, 2.75) is 79.1 Å². The van der Waals surface area contributed by atoms with E-state index in [-0.39, 0.29) is 0 Å². The zero-order valence-corrected chi connectivity index (χ0v) is 14.0. The highest BCUT2D eigenvalue weighted by molar-refractivity contribution is 5.25. The molecule has 4 rings (SSSR count). The quantitative estimate of drug-likeness (QED) is 0.476. The molecule has 0 N–H and O–H groups in total. The number of rotatable bonds is 0. The highest BCUT2D eigenvalue weighted by Gasteiger charge is 2.64. The molecule has 5 atom stereocenters. The van der Waals surface area contributed by atoms with Crippen molar-refractivity contribution in [1.29, 1.82) is 0 Å². The minimum absolute atomic E-state index is 0.584. The molecule has 0 amide bonds. The predicted octanol–water partition coefficient (Wildman–Crippen LogP) is 5.98. The van der Waals surface area contributed by atoms with E-state index in [4.69, 9.17) is 0 Å². The van der Waals surface area contributed by atoms with Crippen LogP contribution in [0.2, 0.25) is 0 Å². The number of fused-ring (bicyclic) bond motifs is 2. The molecule has 0 aromatic carbocycles. The Kier molecular flexibility index (Phi) is 2.63. The zero-order chi connectivity index (χ0) is 14.2. The number of hydrogen-bond donors (Lipinski definition) is 0. The summed E-state index contributed by atoms with van der Waals surface area (Å²) < 4.78 is 0. The maximum absolute atomic E-state index is 2.73. The standard InChI is InChI=1S/C20H32/c1-14-12-16-6-7-17-18(2,3)9-5-10-19(17,4)20(16)11-8-15(14)13-20/h12,15-17H,5-11,13H2,1-4H3. The Bertz CT molecular complexity index is 457. The van der Waals surface area contributed by atoms with E-state index in [1.54, 1.807) is 5.57 Å². The van der Waals surface area contributed by atoms with Gasteiger partial charge in [0.05, 0.1) is 0 Å². The van der Waals surface area contributed by atoms with Gasteiger partial charge in [0.1, 0.15) is 0 Å². The van der Waals surface area contributed by atoms with E-state index < -0.39 is 0 Å². The van der Waals surface area contributed by atoms with Crippen molar-refractivity contribution in [3.05, 3.63) is 11.6 Å². The average molecular weight is 272 g/mol. The molecule has 0 aromatic heterocycles. The van der Waals surface area contributed by atoms with Crippen LogP contribution in [0.25, 0.3) is 0 Å². The molecule has 3 fully saturated rings. The van der Waals surface area contributed by atoms with Gasteiger partial charge >= 0.3 is 0 Å². The Morgan fingerprint density at radius 1 is 1.00 bits per heavy atom. The van der Waals surface area contributed by atoms with Crippen molar-refractivity contribution in [2.75, 3.05) is 0 Å². The van der Waals surface area contributed by atoms with Crippen LogP contribution in [0.3, 0.4) is 0 Å². The molecule has 20 heavy (non-hydrogen) atoms. The van der Waals surface area contributed by atoms with Crippen molar-refractivity contribution in [3.8, 4) is 0 Å². The molecule has 0 aliphatic heterocycles. The van der Waals surface area contributed by atoms with Crippen LogP contribution in [-0.2, 0) is 0 Å². The fourth-order valence-corrected chi connectivity index (χ4v) is 7.49. The molecule has 1 spiro atoms. The summed E-state index contributed by atoms with van der Waals surface area (Å²) in [5.41, 5.74) is 3.63. The largest absolute Gasteiger partial charge is 0.0816 e. The topological polar surface area (TPSA) is 0 Å². The van der Waals surface area contributed by atoms with E-state index in [9.17, 15) is 0 Å². The fraction of sp³-hybridized carbons (Fsp3) is 0.900. The lowest BCUT2D eigenvalue weighted by Crippen LogP contribution is -2.57. The van der Waals surface area contributed by atoms with Crippen molar-refractivity contribution in [1.82, 2.24) is 0 Å². The smallest absolute Gasteiger partial charge is 0.0169 e. The van der Waals surface area contributed by atoms with E-state index in [0.717, 1.165) is 17.8 Å². The molecule has 0 heterocycles. The predicted molar refractivity (Wildman–Crippen MR) is 85.5 cm³/mol. The van der Waals surface area contributed by atoms with Crippen molar-refractivity contribution in [3.63, 3.8) is 0 Å². The minimum atomic E-state index is 0.584. The molecular weight excluding hydrogens is 240 g/mol. The molecule has 2 bridgehead atoms. The second-order valence-electron chi connectivity index (χ2n) is 9.50. The maximum Gasteiger partial charge on any atom is -0.0169 e. The Labute approximate surface area is 125 Å². The first kappa shape index (κ1) is 13.4. The fourth-order valence-electron chi connectivity index (χ4n) is 7.49. The van der Waals surface area contributed by atoms with Crippen LogP contribution in [0.15, 0.2) is 11.6 Å². The van der Waals surface area contributed by atoms with E-state index >= 15 is 0 Å². The van der Waals surface area contributed by atoms with E-state index in [1.807, 2.05) is 0 Å². The molecule has 0 aromatic rings. The molecule has 3 saturated carbocycles. The van der Waals surface area contributed by atoms with Crippen LogP contribution in [-0.4, -0.2) is 0 Å². The molecular formula is C20H32. The first-order valence-corrected chi connectivity index (χ1v) is 9.07. The molecule has 4 aliphatic carbocycles. The summed E-state index contributed by atoms with van der Waals surface area (Å²) in [6.45, 7) is 10.3. The molecule has 0 radical (unpaired) electrons. The summed E-state index contributed by atoms with van der Waals surface area (Å²) in [6.07, 6.45) is 14.7. The summed E-state index contributed by atoms with van der Waals surface area (Å²) in [6, 6.07) is 0. The summed E-state index contributed by atoms with van der Waals surface area (Å²) >= 11 is 0. The Balaban J connectivity index is 1.81. The van der Waals surface area contributed by atoms with Crippen molar-refractivity contribution in [2.24, 2.45) is 34.0 Å². The molecule has 0 saturated heterocycles. The first-order valence-electron chi connectivity index (χ1n) is 9.07. The molecule has 5 unspecified atom stereocenters. The van der Waals surface area contributed by atoms with Gasteiger partial charge < -0.3 is 0 Å². The molecule has 0 heteroatoms. The van der Waals surface area contributed by atoms with Gasteiger partial charge in [0.2, 0.25) is 0 Å². The van der Waals surface area contributed by atoms with Crippen LogP contribution in [0, 0.1) is 34.0 Å². The van der Waals surface area contributed by atoms with Crippen molar-refractivity contribution < 1.29 is 0 Å². The minimum Gasteiger partial charge on any atom is -0.0816 e. The third-order valence-electron chi connectivity index (χ3n) is 8.50. The van der Waals surface area contributed by atoms with Crippen LogP contribution in [0.4, 0.5) is 0 Å². The van der Waals surface area contributed by atoms with Crippen molar-refractivity contribution >= 4 is 0 Å². The Morgan fingerprint density at radius 2 is 1.80 bits per heavy atom. The second kappa shape index (κ2) is 3.93. The molecule has 4 aliphatic rings. The van der Waals surface area contributed by atoms with E-state index in [2.05, 4.69) is 33.8 Å². The van der Waals surface area contributed by atoms with E-state index in [1.165, 1.54) is 51.4 Å². The second-order valence-corrected chi connectivity index (χ2v) is 9.50. The average Bonchev–Trinajstić information content (AvgIpc) is 2.75. The maximum atomic E-state index is 2.73. The summed E-state index contributed by atoms with van der Waals surface area (Å²) in [5, 5.41) is 0. The summed E-state index contributed by atoms with van der Waals surface area (Å²) in [7, 11) is 0. The van der Waals surface area contributed by atoms with Gasteiger partial charge in [-0.05, 0) is 85.9 Å². The monoisotopic (exact) mass is 272 g/mol. The van der Waals surface area contributed by atoms with Gasteiger partial charge in [-0.1, -0.05) is 38.8 Å². The third-order valence-corrected chi connectivity index (χ3v) is 8.50. The van der Waals surface area contributed by atoms with Gasteiger partial charge in [0, 0.05) is 0 Å². The van der Waals surface area contributed by atoms with Gasteiger partial charge in [-0.25, -0.2) is 0 Å². The highest BCUT2D eigenvalue weighted by Crippen LogP contribution is 2.73. The molecule has 112 valence electrons. The van der Waals surface area contributed by atoms with E-state index in [0.29, 0.717) is 16.2 Å². The first-order chi connectivity index (χ1) is 9.39. The van der Waals surface area contributed by atoms with Crippen LogP contribution >= 0.6 is 0 Å². The van der Waals surface area contributed by atoms with Gasteiger partial charge in [-0.3, -0.25) is 0 Å². The summed E-state index contributed by atoms with van der Waals surface area (Å²) in [4.78, 5) is 0. The van der Waals surface area contributed by atoms with Gasteiger partial charge in [0.15, 0.2) is 0 Å². The lowest BCUT2D eigenvalue weighted by atomic mass is 9.39. The van der Waals surface area contributed by atoms with Crippen LogP contribution in [0.5, 0.6) is 0 Å². The van der Waals surface area contributed by atoms with Crippen LogP contribution in [0.1, 0.15) is 79.1 Å². The normalized spacial score (nSPS) is 53.0. The van der Waals surface area contributed by atoms with Gasteiger partial charge in [0.25, 0.3) is 0 Å². The van der Waals surface area contributed by atoms with Gasteiger partial charge in [-0.15, -0.1) is 0 Å². The Morgan fingerprint density at radius 3 is 2.60 bits per heavy atom. The lowest BCUT2D eigenvalue weighted by Gasteiger charge is -2.65. The van der Waals surface area contributed by atoms with Gasteiger partial charge in [-0.2, -0.15) is 0 Å². The van der Waals surface area contributed by atoms with Crippen LogP contribution < -0.4 is 0 Å². The Hall–Kier alpha value is -0.260. The number of allylic oxidation sites excluding steroid dienone is 2. The lowest BCUT2D eigenvalue weighted by molar-refractivity contribution is -0.150. The third kappa shape index (κ3) is 1.44. The highest BCUT2D eigenvalue weighted by atomic mass is 14.7. The zero-order valence-electron chi connectivity index (χ0n) is 14.0. The number of hydrogen-bond acceptors (Lipinski definition) is 0. The SMILES string of the molecule is CC1=CC2CCC3C(C)(C)CCCC3(C)C23CCC1C3.